The summed E-state index contributed by atoms with van der Waals surface area (Å²) in [6.45, 7) is 3.72. The first-order chi connectivity index (χ1) is 6.75. The maximum Gasteiger partial charge on any atom is 0.251 e. The molecule has 0 aromatic carbocycles. The van der Waals surface area contributed by atoms with Crippen molar-refractivity contribution in [1.29, 1.82) is 0 Å². The van der Waals surface area contributed by atoms with Gasteiger partial charge in [0.1, 0.15) is 6.33 Å². The molecule has 0 radical (unpaired) electrons. The Balaban J connectivity index is 2.62. The Labute approximate surface area is 81.5 Å². The van der Waals surface area contributed by atoms with Crippen LogP contribution in [-0.2, 0) is 4.79 Å². The number of rotatable bonds is 4. The van der Waals surface area contributed by atoms with E-state index in [2.05, 4.69) is 21.9 Å². The lowest BCUT2D eigenvalue weighted by molar-refractivity contribution is -0.115. The van der Waals surface area contributed by atoms with E-state index in [1.807, 2.05) is 0 Å². The summed E-state index contributed by atoms with van der Waals surface area (Å²) in [5.41, 5.74) is 0.863. The fourth-order valence-corrected chi connectivity index (χ4v) is 0.862. The third-order valence-electron chi connectivity index (χ3n) is 1.58. The fraction of sp³-hybridized carbons (Fsp3) is 0.222. The van der Waals surface area contributed by atoms with Crippen molar-refractivity contribution in [3.05, 3.63) is 30.9 Å². The van der Waals surface area contributed by atoms with Crippen LogP contribution in [0.15, 0.2) is 25.3 Å². The maximum absolute atomic E-state index is 11.3. The fourth-order valence-electron chi connectivity index (χ4n) is 0.862. The van der Waals surface area contributed by atoms with Gasteiger partial charge in [0, 0.05) is 30.1 Å². The molecule has 2 N–H and O–H groups in total. The molecule has 5 heteroatoms. The van der Waals surface area contributed by atoms with Crippen molar-refractivity contribution in [3.8, 4) is 0 Å². The number of amides is 1. The zero-order valence-corrected chi connectivity index (χ0v) is 7.60. The number of aliphatic hydroxyl groups is 1. The summed E-state index contributed by atoms with van der Waals surface area (Å²) in [5.74, 6) is -0.325. The number of carbonyl (C=O) groups excluding carboxylic acids is 1. The Bertz CT molecular complexity index is 324. The second-order valence-corrected chi connectivity index (χ2v) is 2.59. The molecule has 14 heavy (non-hydrogen) atoms. The van der Waals surface area contributed by atoms with Crippen LogP contribution in [0.5, 0.6) is 0 Å². The Hall–Kier alpha value is -1.75. The van der Waals surface area contributed by atoms with E-state index in [9.17, 15) is 4.79 Å². The summed E-state index contributed by atoms with van der Waals surface area (Å²) < 4.78 is 0. The average Bonchev–Trinajstić information content (AvgIpc) is 2.26. The van der Waals surface area contributed by atoms with Crippen LogP contribution in [0.2, 0.25) is 0 Å². The highest BCUT2D eigenvalue weighted by Gasteiger charge is 2.08. The number of nitrogens with zero attached hydrogens (tertiary/aromatic N) is 2. The zero-order chi connectivity index (χ0) is 10.4. The Morgan fingerprint density at radius 1 is 1.50 bits per heavy atom. The molecule has 5 nitrogen and oxygen atoms in total. The molecule has 1 amide bonds. The lowest BCUT2D eigenvalue weighted by atomic mass is 10.1. The summed E-state index contributed by atoms with van der Waals surface area (Å²) in [6.07, 6.45) is 4.39. The van der Waals surface area contributed by atoms with Crippen molar-refractivity contribution in [2.75, 3.05) is 13.2 Å². The van der Waals surface area contributed by atoms with E-state index in [1.165, 1.54) is 18.7 Å². The molecule has 74 valence electrons. The van der Waals surface area contributed by atoms with Gasteiger partial charge in [-0.3, -0.25) is 4.79 Å². The number of hydrogen-bond donors (Lipinski definition) is 2. The predicted octanol–water partition coefficient (Wildman–Crippen LogP) is -0.402. The Morgan fingerprint density at radius 3 is 2.71 bits per heavy atom. The van der Waals surface area contributed by atoms with Crippen molar-refractivity contribution in [1.82, 2.24) is 15.3 Å². The summed E-state index contributed by atoms with van der Waals surface area (Å²) in [6, 6.07) is 0. The third-order valence-corrected chi connectivity index (χ3v) is 1.58. The molecule has 0 aliphatic carbocycles. The normalized spacial score (nSPS) is 9.50. The summed E-state index contributed by atoms with van der Waals surface area (Å²) >= 11 is 0. The van der Waals surface area contributed by atoms with Crippen molar-refractivity contribution < 1.29 is 9.90 Å². The lowest BCUT2D eigenvalue weighted by Crippen LogP contribution is -2.26. The highest BCUT2D eigenvalue weighted by molar-refractivity contribution is 6.18. The molecule has 0 unspecified atom stereocenters. The van der Waals surface area contributed by atoms with Gasteiger partial charge < -0.3 is 10.4 Å². The number of hydrogen-bond acceptors (Lipinski definition) is 4. The second-order valence-electron chi connectivity index (χ2n) is 2.59. The van der Waals surface area contributed by atoms with Gasteiger partial charge in [-0.05, 0) is 0 Å². The Morgan fingerprint density at radius 2 is 2.14 bits per heavy atom. The third kappa shape index (κ3) is 2.63. The second kappa shape index (κ2) is 5.08. The minimum absolute atomic E-state index is 0.0929. The summed E-state index contributed by atoms with van der Waals surface area (Å²) in [7, 11) is 0. The van der Waals surface area contributed by atoms with Crippen LogP contribution in [0.1, 0.15) is 5.56 Å². The van der Waals surface area contributed by atoms with Gasteiger partial charge in [-0.1, -0.05) is 6.58 Å². The van der Waals surface area contributed by atoms with E-state index in [-0.39, 0.29) is 19.1 Å². The van der Waals surface area contributed by atoms with Crippen molar-refractivity contribution >= 4 is 11.5 Å². The highest BCUT2D eigenvalue weighted by atomic mass is 16.3. The number of aliphatic hydroxyl groups excluding tert-OH is 1. The summed E-state index contributed by atoms with van der Waals surface area (Å²) in [5, 5.41) is 11.0. The molecule has 1 rings (SSSR count). The molecule has 0 bridgehead atoms. The van der Waals surface area contributed by atoms with Crippen LogP contribution in [0, 0.1) is 0 Å². The molecular weight excluding hydrogens is 182 g/mol. The van der Waals surface area contributed by atoms with Crippen molar-refractivity contribution in [2.45, 2.75) is 0 Å². The van der Waals surface area contributed by atoms with Crippen LogP contribution in [0.25, 0.3) is 5.57 Å². The molecule has 1 aromatic heterocycles. The van der Waals surface area contributed by atoms with Crippen molar-refractivity contribution in [2.24, 2.45) is 0 Å². The lowest BCUT2D eigenvalue weighted by Gasteiger charge is -2.04. The molecule has 0 saturated heterocycles. The molecule has 1 heterocycles. The smallest absolute Gasteiger partial charge is 0.251 e. The minimum Gasteiger partial charge on any atom is -0.395 e. The first-order valence-electron chi connectivity index (χ1n) is 4.09. The van der Waals surface area contributed by atoms with Gasteiger partial charge >= 0.3 is 0 Å². The number of carbonyl (C=O) groups is 1. The molecular formula is C9H11N3O2. The molecule has 0 spiro atoms. The van der Waals surface area contributed by atoms with E-state index >= 15 is 0 Å². The first kappa shape index (κ1) is 10.3. The van der Waals surface area contributed by atoms with E-state index in [1.54, 1.807) is 0 Å². The predicted molar refractivity (Wildman–Crippen MR) is 51.2 cm³/mol. The van der Waals surface area contributed by atoms with E-state index < -0.39 is 0 Å². The van der Waals surface area contributed by atoms with E-state index in [4.69, 9.17) is 5.11 Å². The van der Waals surface area contributed by atoms with Gasteiger partial charge in [0.05, 0.1) is 6.61 Å². The van der Waals surface area contributed by atoms with Gasteiger partial charge in [0.15, 0.2) is 0 Å². The monoisotopic (exact) mass is 193 g/mol. The number of nitrogens with one attached hydrogen (secondary N) is 1. The largest absolute Gasteiger partial charge is 0.395 e. The SMILES string of the molecule is C=C(C(=O)NCCO)c1cncnc1. The Kier molecular flexibility index (Phi) is 3.75. The first-order valence-corrected chi connectivity index (χ1v) is 4.09. The molecule has 0 aliphatic rings. The zero-order valence-electron chi connectivity index (χ0n) is 7.60. The maximum atomic E-state index is 11.3. The topological polar surface area (TPSA) is 75.1 Å². The summed E-state index contributed by atoms with van der Waals surface area (Å²) in [4.78, 5) is 18.9. The van der Waals surface area contributed by atoms with Gasteiger partial charge in [0.25, 0.3) is 5.91 Å². The van der Waals surface area contributed by atoms with Gasteiger partial charge in [-0.2, -0.15) is 0 Å². The minimum atomic E-state index is -0.325. The quantitative estimate of drug-likeness (QED) is 0.638. The van der Waals surface area contributed by atoms with Crippen LogP contribution in [-0.4, -0.2) is 34.1 Å². The van der Waals surface area contributed by atoms with Gasteiger partial charge in [0.2, 0.25) is 0 Å². The standard InChI is InChI=1S/C9H11N3O2/c1-7(9(14)12-2-3-13)8-4-10-6-11-5-8/h4-6,13H,1-3H2,(H,12,14). The van der Waals surface area contributed by atoms with Gasteiger partial charge in [-0.25, -0.2) is 9.97 Å². The molecule has 0 fully saturated rings. The van der Waals surface area contributed by atoms with Crippen LogP contribution in [0.4, 0.5) is 0 Å². The van der Waals surface area contributed by atoms with Crippen LogP contribution in [0.3, 0.4) is 0 Å². The van der Waals surface area contributed by atoms with Crippen molar-refractivity contribution in [3.63, 3.8) is 0 Å². The number of aromatic nitrogens is 2. The van der Waals surface area contributed by atoms with E-state index in [0.717, 1.165) is 0 Å². The highest BCUT2D eigenvalue weighted by Crippen LogP contribution is 2.08. The molecule has 1 aromatic rings. The molecule has 0 atom stereocenters. The average molecular weight is 193 g/mol. The molecule has 0 aliphatic heterocycles. The van der Waals surface area contributed by atoms with Crippen LogP contribution >= 0.6 is 0 Å². The van der Waals surface area contributed by atoms with Gasteiger partial charge in [-0.15, -0.1) is 0 Å². The molecule has 0 saturated carbocycles. The van der Waals surface area contributed by atoms with E-state index in [0.29, 0.717) is 11.1 Å². The van der Waals surface area contributed by atoms with Crippen LogP contribution < -0.4 is 5.32 Å².